The lowest BCUT2D eigenvalue weighted by Gasteiger charge is -2.08. The van der Waals surface area contributed by atoms with Crippen LogP contribution in [-0.2, 0) is 0 Å². The van der Waals surface area contributed by atoms with Gasteiger partial charge >= 0.3 is 0 Å². The van der Waals surface area contributed by atoms with Crippen molar-refractivity contribution in [1.82, 2.24) is 0 Å². The number of nitro benzene ring substituents is 1. The van der Waals surface area contributed by atoms with Crippen molar-refractivity contribution in [2.75, 3.05) is 11.9 Å². The van der Waals surface area contributed by atoms with E-state index >= 15 is 0 Å². The van der Waals surface area contributed by atoms with Crippen LogP contribution in [0.3, 0.4) is 0 Å². The average Bonchev–Trinajstić information content (AvgIpc) is 2.32. The monoisotopic (exact) mass is 319 g/mol. The molecule has 1 aromatic rings. The second-order valence-corrected chi connectivity index (χ2v) is 4.72. The van der Waals surface area contributed by atoms with Crippen molar-refractivity contribution < 1.29 is 14.1 Å². The van der Waals surface area contributed by atoms with E-state index in [2.05, 4.69) is 15.9 Å². The first-order valence-corrected chi connectivity index (χ1v) is 6.81. The maximum atomic E-state index is 13.5. The van der Waals surface area contributed by atoms with Crippen molar-refractivity contribution in [3.05, 3.63) is 33.6 Å². The Kier molecular flexibility index (Phi) is 6.04. The topological polar surface area (TPSA) is 52.4 Å². The number of nitrogens with zero attached hydrogens (tertiary/aromatic N) is 1. The van der Waals surface area contributed by atoms with Crippen molar-refractivity contribution >= 4 is 21.6 Å². The molecule has 0 saturated heterocycles. The maximum absolute atomic E-state index is 13.5. The Hall–Kier alpha value is -1.17. The molecule has 0 spiro atoms. The number of aryl methyl sites for hydroxylation is 1. The van der Waals surface area contributed by atoms with Crippen LogP contribution in [-0.4, -0.2) is 16.9 Å². The van der Waals surface area contributed by atoms with Gasteiger partial charge in [-0.15, -0.1) is 0 Å². The lowest BCUT2D eigenvalue weighted by atomic mass is 10.2. The van der Waals surface area contributed by atoms with E-state index < -0.39 is 10.7 Å². The molecular formula is C12H15BrFNO3. The Morgan fingerprint density at radius 3 is 2.72 bits per heavy atom. The molecule has 0 fully saturated rings. The molecule has 100 valence electrons. The molecule has 0 unspecified atom stereocenters. The van der Waals surface area contributed by atoms with E-state index in [0.717, 1.165) is 30.7 Å². The number of unbranched alkanes of at least 4 members (excludes halogenated alkanes) is 2. The molecule has 1 rings (SSSR count). The molecule has 18 heavy (non-hydrogen) atoms. The molecule has 0 heterocycles. The Balaban J connectivity index is 2.62. The second kappa shape index (κ2) is 7.31. The molecule has 0 saturated carbocycles. The van der Waals surface area contributed by atoms with E-state index in [1.54, 1.807) is 6.92 Å². The molecule has 4 nitrogen and oxygen atoms in total. The highest BCUT2D eigenvalue weighted by Crippen LogP contribution is 2.27. The summed E-state index contributed by atoms with van der Waals surface area (Å²) in [5.41, 5.74) is 0.177. The zero-order valence-electron chi connectivity index (χ0n) is 10.1. The molecule has 0 radical (unpaired) electrons. The molecule has 0 aliphatic rings. The van der Waals surface area contributed by atoms with E-state index in [1.807, 2.05) is 0 Å². The van der Waals surface area contributed by atoms with Crippen LogP contribution in [0, 0.1) is 22.9 Å². The van der Waals surface area contributed by atoms with E-state index in [9.17, 15) is 14.5 Å². The van der Waals surface area contributed by atoms with E-state index in [0.29, 0.717) is 12.2 Å². The van der Waals surface area contributed by atoms with Gasteiger partial charge in [0.15, 0.2) is 11.6 Å². The number of hydrogen-bond donors (Lipinski definition) is 0. The quantitative estimate of drug-likeness (QED) is 0.330. The summed E-state index contributed by atoms with van der Waals surface area (Å²) in [5.74, 6) is -0.607. The van der Waals surface area contributed by atoms with Crippen LogP contribution < -0.4 is 4.74 Å². The smallest absolute Gasteiger partial charge is 0.275 e. The van der Waals surface area contributed by atoms with Crippen molar-refractivity contribution in [1.29, 1.82) is 0 Å². The van der Waals surface area contributed by atoms with Crippen molar-refractivity contribution in [3.63, 3.8) is 0 Å². The van der Waals surface area contributed by atoms with Crippen LogP contribution in [0.2, 0.25) is 0 Å². The van der Waals surface area contributed by atoms with Gasteiger partial charge in [0.2, 0.25) is 0 Å². The van der Waals surface area contributed by atoms with E-state index in [4.69, 9.17) is 4.74 Å². The van der Waals surface area contributed by atoms with Crippen LogP contribution in [0.25, 0.3) is 0 Å². The summed E-state index contributed by atoms with van der Waals surface area (Å²) in [6.07, 6.45) is 2.88. The first kappa shape index (κ1) is 14.9. The van der Waals surface area contributed by atoms with Gasteiger partial charge in [0.1, 0.15) is 0 Å². The lowest BCUT2D eigenvalue weighted by molar-refractivity contribution is -0.385. The fourth-order valence-corrected chi connectivity index (χ4v) is 1.90. The SMILES string of the molecule is Cc1cc(OCCCCCBr)c(F)cc1[N+](=O)[O-]. The number of hydrogen-bond acceptors (Lipinski definition) is 3. The summed E-state index contributed by atoms with van der Waals surface area (Å²) in [6, 6.07) is 2.28. The first-order valence-electron chi connectivity index (χ1n) is 5.69. The highest BCUT2D eigenvalue weighted by Gasteiger charge is 2.16. The summed E-state index contributed by atoms with van der Waals surface area (Å²) in [5, 5.41) is 11.6. The number of halogens is 2. The summed E-state index contributed by atoms with van der Waals surface area (Å²) in [7, 11) is 0. The fraction of sp³-hybridized carbons (Fsp3) is 0.500. The normalized spacial score (nSPS) is 10.4. The number of alkyl halides is 1. The molecule has 0 bridgehead atoms. The molecule has 0 N–H and O–H groups in total. The van der Waals surface area contributed by atoms with Crippen molar-refractivity contribution in [3.8, 4) is 5.75 Å². The van der Waals surface area contributed by atoms with Gasteiger partial charge in [0.05, 0.1) is 17.6 Å². The zero-order valence-corrected chi connectivity index (χ0v) is 11.7. The van der Waals surface area contributed by atoms with Gasteiger partial charge in [-0.3, -0.25) is 10.1 Å². The Morgan fingerprint density at radius 1 is 1.39 bits per heavy atom. The Morgan fingerprint density at radius 2 is 2.11 bits per heavy atom. The van der Waals surface area contributed by atoms with Gasteiger partial charge in [-0.1, -0.05) is 15.9 Å². The number of benzene rings is 1. The van der Waals surface area contributed by atoms with Crippen LogP contribution in [0.15, 0.2) is 12.1 Å². The minimum absolute atomic E-state index is 0.0805. The van der Waals surface area contributed by atoms with Crippen LogP contribution in [0.4, 0.5) is 10.1 Å². The van der Waals surface area contributed by atoms with Gasteiger partial charge in [-0.25, -0.2) is 4.39 Å². The van der Waals surface area contributed by atoms with E-state index in [-0.39, 0.29) is 11.4 Å². The molecule has 1 aromatic carbocycles. The minimum Gasteiger partial charge on any atom is -0.491 e. The summed E-state index contributed by atoms with van der Waals surface area (Å²) >= 11 is 3.32. The van der Waals surface area contributed by atoms with Gasteiger partial charge in [-0.2, -0.15) is 0 Å². The summed E-state index contributed by atoms with van der Waals surface area (Å²) in [6.45, 7) is 1.98. The third-order valence-electron chi connectivity index (χ3n) is 2.48. The molecule has 0 aliphatic heterocycles. The van der Waals surface area contributed by atoms with Gasteiger partial charge in [0.25, 0.3) is 5.69 Å². The molecule has 0 aliphatic carbocycles. The molecule has 6 heteroatoms. The first-order chi connectivity index (χ1) is 8.56. The van der Waals surface area contributed by atoms with Crippen molar-refractivity contribution in [2.45, 2.75) is 26.2 Å². The van der Waals surface area contributed by atoms with E-state index in [1.165, 1.54) is 6.07 Å². The predicted octanol–water partition coefficient (Wildman–Crippen LogP) is 3.99. The molecule has 0 aromatic heterocycles. The third kappa shape index (κ3) is 4.25. The third-order valence-corrected chi connectivity index (χ3v) is 3.04. The second-order valence-electron chi connectivity index (χ2n) is 3.92. The largest absolute Gasteiger partial charge is 0.491 e. The summed E-state index contributed by atoms with van der Waals surface area (Å²) < 4.78 is 18.8. The molecule has 0 atom stereocenters. The van der Waals surface area contributed by atoms with Crippen molar-refractivity contribution in [2.24, 2.45) is 0 Å². The standard InChI is InChI=1S/C12H15BrFNO3/c1-9-7-12(18-6-4-2-3-5-13)10(14)8-11(9)15(16)17/h7-8H,2-6H2,1H3. The lowest BCUT2D eigenvalue weighted by Crippen LogP contribution is -2.01. The fourth-order valence-electron chi connectivity index (χ4n) is 1.51. The number of rotatable bonds is 7. The average molecular weight is 320 g/mol. The van der Waals surface area contributed by atoms with Crippen LogP contribution in [0.5, 0.6) is 5.75 Å². The Labute approximate surface area is 113 Å². The van der Waals surface area contributed by atoms with Crippen LogP contribution in [0.1, 0.15) is 24.8 Å². The summed E-state index contributed by atoms with van der Waals surface area (Å²) in [4.78, 5) is 10.0. The molecule has 0 amide bonds. The number of ether oxygens (including phenoxy) is 1. The van der Waals surface area contributed by atoms with Gasteiger partial charge in [0, 0.05) is 10.9 Å². The van der Waals surface area contributed by atoms with Gasteiger partial charge in [-0.05, 0) is 32.3 Å². The number of nitro groups is 1. The van der Waals surface area contributed by atoms with Gasteiger partial charge < -0.3 is 4.74 Å². The maximum Gasteiger partial charge on any atom is 0.275 e. The molecular weight excluding hydrogens is 305 g/mol. The zero-order chi connectivity index (χ0) is 13.5. The van der Waals surface area contributed by atoms with Crippen LogP contribution >= 0.6 is 15.9 Å². The predicted molar refractivity (Wildman–Crippen MR) is 70.9 cm³/mol. The highest BCUT2D eigenvalue weighted by molar-refractivity contribution is 9.09. The minimum atomic E-state index is -0.687. The highest BCUT2D eigenvalue weighted by atomic mass is 79.9. The Bertz CT molecular complexity index is 426.